The van der Waals surface area contributed by atoms with E-state index >= 15 is 0 Å². The van der Waals surface area contributed by atoms with Gasteiger partial charge in [-0.3, -0.25) is 9.59 Å². The first-order valence-electron chi connectivity index (χ1n) is 10.9. The molecule has 0 bridgehead atoms. The number of aliphatic hydroxyl groups excluding tert-OH is 1. The Balaban J connectivity index is 2.11. The topological polar surface area (TPSA) is 84.9 Å². The third-order valence-electron chi connectivity index (χ3n) is 4.75. The number of rotatable bonds is 8. The van der Waals surface area contributed by atoms with Gasteiger partial charge in [0.25, 0.3) is 0 Å². The molecule has 174 valence electrons. The van der Waals surface area contributed by atoms with Crippen LogP contribution in [0.5, 0.6) is 11.5 Å². The van der Waals surface area contributed by atoms with Gasteiger partial charge in [0.2, 0.25) is 0 Å². The molecular formula is C26H35NO5. The van der Waals surface area contributed by atoms with Crippen LogP contribution >= 0.6 is 0 Å². The van der Waals surface area contributed by atoms with Gasteiger partial charge in [-0.05, 0) is 77.8 Å². The summed E-state index contributed by atoms with van der Waals surface area (Å²) in [7, 11) is 0. The number of aliphatic hydroxyl groups is 1. The molecule has 6 heteroatoms. The summed E-state index contributed by atoms with van der Waals surface area (Å²) in [5.74, 6) is -0.640. The fourth-order valence-electron chi connectivity index (χ4n) is 2.64. The molecule has 0 saturated carbocycles. The Morgan fingerprint density at radius 2 is 1.44 bits per heavy atom. The van der Waals surface area contributed by atoms with Crippen molar-refractivity contribution in [2.24, 2.45) is 10.8 Å². The highest BCUT2D eigenvalue weighted by Crippen LogP contribution is 2.34. The summed E-state index contributed by atoms with van der Waals surface area (Å²) in [6, 6.07) is 14.9. The molecule has 0 spiro atoms. The SMILES string of the molecule is CC(C)(C)C(=O)Oc1ccc(C(O)CNCCc2ccccc2)cc1OC(=O)C(C)(C)C. The van der Waals surface area contributed by atoms with Crippen molar-refractivity contribution < 1.29 is 24.2 Å². The second kappa shape index (κ2) is 10.7. The number of esters is 2. The van der Waals surface area contributed by atoms with Crippen molar-refractivity contribution in [1.82, 2.24) is 5.32 Å². The van der Waals surface area contributed by atoms with E-state index in [9.17, 15) is 14.7 Å². The molecule has 0 heterocycles. The Labute approximate surface area is 190 Å². The van der Waals surface area contributed by atoms with Crippen molar-refractivity contribution in [3.63, 3.8) is 0 Å². The molecule has 2 rings (SSSR count). The lowest BCUT2D eigenvalue weighted by molar-refractivity contribution is -0.145. The van der Waals surface area contributed by atoms with Crippen LogP contribution in [0.15, 0.2) is 48.5 Å². The third kappa shape index (κ3) is 7.77. The predicted molar refractivity (Wildman–Crippen MR) is 125 cm³/mol. The summed E-state index contributed by atoms with van der Waals surface area (Å²) >= 11 is 0. The molecule has 2 aromatic carbocycles. The smallest absolute Gasteiger partial charge is 0.316 e. The van der Waals surface area contributed by atoms with Gasteiger partial charge in [0.05, 0.1) is 16.9 Å². The van der Waals surface area contributed by atoms with Gasteiger partial charge in [0.1, 0.15) is 0 Å². The van der Waals surface area contributed by atoms with Crippen LogP contribution in [0.3, 0.4) is 0 Å². The first-order valence-corrected chi connectivity index (χ1v) is 10.9. The lowest BCUT2D eigenvalue weighted by Gasteiger charge is -2.21. The molecule has 0 amide bonds. The second-order valence-corrected chi connectivity index (χ2v) is 9.94. The summed E-state index contributed by atoms with van der Waals surface area (Å²) in [6.07, 6.45) is 0.0363. The Kier molecular flexibility index (Phi) is 8.58. The van der Waals surface area contributed by atoms with E-state index < -0.39 is 28.9 Å². The number of nitrogens with one attached hydrogen (secondary N) is 1. The van der Waals surface area contributed by atoms with E-state index in [1.807, 2.05) is 18.2 Å². The summed E-state index contributed by atoms with van der Waals surface area (Å²) in [5, 5.41) is 13.9. The molecule has 6 nitrogen and oxygen atoms in total. The quantitative estimate of drug-likeness (QED) is 0.358. The largest absolute Gasteiger partial charge is 0.422 e. The van der Waals surface area contributed by atoms with Crippen LogP contribution in [0, 0.1) is 10.8 Å². The molecule has 0 aliphatic rings. The molecular weight excluding hydrogens is 406 g/mol. The normalized spacial score (nSPS) is 12.8. The van der Waals surface area contributed by atoms with Crippen LogP contribution in [0.4, 0.5) is 0 Å². The van der Waals surface area contributed by atoms with Gasteiger partial charge in [-0.2, -0.15) is 0 Å². The van der Waals surface area contributed by atoms with Crippen LogP contribution in [-0.4, -0.2) is 30.1 Å². The molecule has 0 radical (unpaired) electrons. The first kappa shape index (κ1) is 25.6. The van der Waals surface area contributed by atoms with Gasteiger partial charge in [0, 0.05) is 6.54 Å². The highest BCUT2D eigenvalue weighted by atomic mass is 16.6. The van der Waals surface area contributed by atoms with Crippen LogP contribution in [0.25, 0.3) is 0 Å². The average Bonchev–Trinajstić information content (AvgIpc) is 2.71. The molecule has 0 aliphatic heterocycles. The summed E-state index contributed by atoms with van der Waals surface area (Å²) in [4.78, 5) is 24.8. The van der Waals surface area contributed by atoms with Crippen molar-refractivity contribution in [2.45, 2.75) is 54.1 Å². The van der Waals surface area contributed by atoms with E-state index in [1.54, 1.807) is 59.7 Å². The summed E-state index contributed by atoms with van der Waals surface area (Å²) in [5.41, 5.74) is 0.325. The van der Waals surface area contributed by atoms with Crippen LogP contribution in [0.2, 0.25) is 0 Å². The van der Waals surface area contributed by atoms with E-state index in [2.05, 4.69) is 17.4 Å². The lowest BCUT2D eigenvalue weighted by Crippen LogP contribution is -2.28. The van der Waals surface area contributed by atoms with Gasteiger partial charge < -0.3 is 19.9 Å². The number of benzene rings is 2. The fourth-order valence-corrected chi connectivity index (χ4v) is 2.64. The molecule has 32 heavy (non-hydrogen) atoms. The van der Waals surface area contributed by atoms with Gasteiger partial charge in [-0.1, -0.05) is 36.4 Å². The third-order valence-corrected chi connectivity index (χ3v) is 4.75. The van der Waals surface area contributed by atoms with E-state index in [4.69, 9.17) is 9.47 Å². The highest BCUT2D eigenvalue weighted by molar-refractivity contribution is 5.81. The lowest BCUT2D eigenvalue weighted by atomic mass is 9.97. The zero-order valence-electron chi connectivity index (χ0n) is 19.9. The van der Waals surface area contributed by atoms with Gasteiger partial charge >= 0.3 is 11.9 Å². The monoisotopic (exact) mass is 441 g/mol. The average molecular weight is 442 g/mol. The Hall–Kier alpha value is -2.70. The minimum atomic E-state index is -0.815. The van der Waals surface area contributed by atoms with Crippen LogP contribution in [0.1, 0.15) is 58.8 Å². The maximum Gasteiger partial charge on any atom is 0.316 e. The minimum Gasteiger partial charge on any atom is -0.422 e. The van der Waals surface area contributed by atoms with E-state index in [0.717, 1.165) is 6.42 Å². The zero-order chi connectivity index (χ0) is 23.9. The van der Waals surface area contributed by atoms with Crippen molar-refractivity contribution >= 4 is 11.9 Å². The standard InChI is InChI=1S/C26H35NO5/c1-25(2,3)23(29)31-21-13-12-19(16-22(21)32-24(30)26(4,5)6)20(28)17-27-15-14-18-10-8-7-9-11-18/h7-13,16,20,27-28H,14-15,17H2,1-6H3. The van der Waals surface area contributed by atoms with Gasteiger partial charge in [-0.15, -0.1) is 0 Å². The number of ether oxygens (including phenoxy) is 2. The van der Waals surface area contributed by atoms with Crippen molar-refractivity contribution in [2.75, 3.05) is 13.1 Å². The first-order chi connectivity index (χ1) is 14.9. The molecule has 0 aliphatic carbocycles. The molecule has 1 atom stereocenters. The fraction of sp³-hybridized carbons (Fsp3) is 0.462. The number of carbonyl (C=O) groups excluding carboxylic acids is 2. The van der Waals surface area contributed by atoms with E-state index in [1.165, 1.54) is 5.56 Å². The Morgan fingerprint density at radius 3 is 2.00 bits per heavy atom. The highest BCUT2D eigenvalue weighted by Gasteiger charge is 2.28. The van der Waals surface area contributed by atoms with Crippen LogP contribution in [-0.2, 0) is 16.0 Å². The summed E-state index contributed by atoms with van der Waals surface area (Å²) < 4.78 is 11.0. The molecule has 0 aromatic heterocycles. The molecule has 2 aromatic rings. The molecule has 0 saturated heterocycles. The maximum atomic E-state index is 12.5. The molecule has 0 fully saturated rings. The van der Waals surface area contributed by atoms with Gasteiger partial charge in [0.15, 0.2) is 11.5 Å². The number of hydrogen-bond donors (Lipinski definition) is 2. The van der Waals surface area contributed by atoms with Crippen LogP contribution < -0.4 is 14.8 Å². The minimum absolute atomic E-state index is 0.114. The molecule has 1 unspecified atom stereocenters. The van der Waals surface area contributed by atoms with E-state index in [-0.39, 0.29) is 11.5 Å². The molecule has 2 N–H and O–H groups in total. The number of hydrogen-bond acceptors (Lipinski definition) is 6. The summed E-state index contributed by atoms with van der Waals surface area (Å²) in [6.45, 7) is 11.5. The second-order valence-electron chi connectivity index (χ2n) is 9.94. The number of carbonyl (C=O) groups is 2. The van der Waals surface area contributed by atoms with Crippen molar-refractivity contribution in [3.05, 3.63) is 59.7 Å². The van der Waals surface area contributed by atoms with Crippen molar-refractivity contribution in [3.8, 4) is 11.5 Å². The Bertz CT molecular complexity index is 910. The van der Waals surface area contributed by atoms with E-state index in [0.29, 0.717) is 18.7 Å². The zero-order valence-corrected chi connectivity index (χ0v) is 19.9. The van der Waals surface area contributed by atoms with Crippen molar-refractivity contribution in [1.29, 1.82) is 0 Å². The predicted octanol–water partition coefficient (Wildman–Crippen LogP) is 4.46. The van der Waals surface area contributed by atoms with Gasteiger partial charge in [-0.25, -0.2) is 0 Å². The Morgan fingerprint density at radius 1 is 0.875 bits per heavy atom. The maximum absolute atomic E-state index is 12.5.